The fraction of sp³-hybridized carbons (Fsp3) is 0.0909. The number of carbonyl (C=O) groups is 1. The van der Waals surface area contributed by atoms with Crippen molar-refractivity contribution in [3.05, 3.63) is 45.7 Å². The molecule has 0 fully saturated rings. The monoisotopic (exact) mass is 324 g/mol. The highest BCUT2D eigenvalue weighted by atomic mass is 35.5. The lowest BCUT2D eigenvalue weighted by Gasteiger charge is -2.12. The SMILES string of the molecule is O=C(O)c1cn(-c2ccc(Cl)cc2C(F)(F)F)nc1Cl. The van der Waals surface area contributed by atoms with Gasteiger partial charge in [-0.1, -0.05) is 23.2 Å². The predicted octanol–water partition coefficient (Wildman–Crippen LogP) is 3.90. The van der Waals surface area contributed by atoms with Gasteiger partial charge in [-0.3, -0.25) is 0 Å². The fourth-order valence-corrected chi connectivity index (χ4v) is 1.94. The van der Waals surface area contributed by atoms with Crippen LogP contribution in [0.5, 0.6) is 0 Å². The normalized spacial score (nSPS) is 11.7. The Bertz CT molecular complexity index is 683. The van der Waals surface area contributed by atoms with Crippen LogP contribution in [-0.4, -0.2) is 20.9 Å². The van der Waals surface area contributed by atoms with Crippen molar-refractivity contribution in [3.8, 4) is 5.69 Å². The molecule has 0 atom stereocenters. The van der Waals surface area contributed by atoms with Gasteiger partial charge in [-0.2, -0.15) is 18.3 Å². The van der Waals surface area contributed by atoms with Crippen molar-refractivity contribution in [2.45, 2.75) is 6.18 Å². The van der Waals surface area contributed by atoms with Gasteiger partial charge in [0.1, 0.15) is 5.56 Å². The van der Waals surface area contributed by atoms with Crippen LogP contribution in [0, 0.1) is 0 Å². The molecule has 4 nitrogen and oxygen atoms in total. The molecule has 0 aliphatic heterocycles. The molecule has 2 rings (SSSR count). The van der Waals surface area contributed by atoms with Crippen LogP contribution in [0.1, 0.15) is 15.9 Å². The van der Waals surface area contributed by atoms with Crippen molar-refractivity contribution < 1.29 is 23.1 Å². The van der Waals surface area contributed by atoms with E-state index in [9.17, 15) is 18.0 Å². The van der Waals surface area contributed by atoms with Gasteiger partial charge in [-0.05, 0) is 18.2 Å². The number of carboxylic acid groups (broad SMARTS) is 1. The first-order chi connectivity index (χ1) is 9.20. The number of aromatic nitrogens is 2. The number of carboxylic acids is 1. The minimum Gasteiger partial charge on any atom is -0.478 e. The van der Waals surface area contributed by atoms with Crippen molar-refractivity contribution in [1.82, 2.24) is 9.78 Å². The van der Waals surface area contributed by atoms with Crippen molar-refractivity contribution in [2.24, 2.45) is 0 Å². The second-order valence-corrected chi connectivity index (χ2v) is 4.54. The molecule has 1 aromatic heterocycles. The molecule has 1 heterocycles. The fourth-order valence-electron chi connectivity index (χ4n) is 1.55. The maximum atomic E-state index is 12.9. The summed E-state index contributed by atoms with van der Waals surface area (Å²) in [4.78, 5) is 10.8. The molecular formula is C11H5Cl2F3N2O2. The van der Waals surface area contributed by atoms with E-state index in [2.05, 4.69) is 5.10 Å². The Morgan fingerprint density at radius 3 is 2.45 bits per heavy atom. The predicted molar refractivity (Wildman–Crippen MR) is 65.5 cm³/mol. The van der Waals surface area contributed by atoms with Crippen molar-refractivity contribution >= 4 is 29.2 Å². The molecule has 0 amide bonds. The molecule has 0 saturated carbocycles. The molecule has 0 radical (unpaired) electrons. The number of alkyl halides is 3. The summed E-state index contributed by atoms with van der Waals surface area (Å²) in [6, 6.07) is 3.05. The van der Waals surface area contributed by atoms with E-state index in [4.69, 9.17) is 28.3 Å². The lowest BCUT2D eigenvalue weighted by molar-refractivity contribution is -0.137. The molecule has 0 bridgehead atoms. The van der Waals surface area contributed by atoms with Crippen LogP contribution >= 0.6 is 23.2 Å². The van der Waals surface area contributed by atoms with Gasteiger partial charge in [0.15, 0.2) is 5.15 Å². The first-order valence-corrected chi connectivity index (χ1v) is 5.81. The lowest BCUT2D eigenvalue weighted by Crippen LogP contribution is -2.11. The highest BCUT2D eigenvalue weighted by Gasteiger charge is 2.34. The minimum atomic E-state index is -4.66. The van der Waals surface area contributed by atoms with E-state index in [1.54, 1.807) is 0 Å². The van der Waals surface area contributed by atoms with E-state index < -0.39 is 28.4 Å². The first-order valence-electron chi connectivity index (χ1n) is 5.05. The zero-order valence-corrected chi connectivity index (χ0v) is 11.0. The van der Waals surface area contributed by atoms with E-state index in [0.717, 1.165) is 23.0 Å². The summed E-state index contributed by atoms with van der Waals surface area (Å²) in [5, 5.41) is 11.9. The van der Waals surface area contributed by atoms with Gasteiger partial charge in [0.05, 0.1) is 11.3 Å². The highest BCUT2D eigenvalue weighted by Crippen LogP contribution is 2.35. The van der Waals surface area contributed by atoms with Crippen LogP contribution in [0.25, 0.3) is 5.69 Å². The number of benzene rings is 1. The molecule has 1 N–H and O–H groups in total. The van der Waals surface area contributed by atoms with Crippen LogP contribution in [0.3, 0.4) is 0 Å². The lowest BCUT2D eigenvalue weighted by atomic mass is 10.1. The van der Waals surface area contributed by atoms with Gasteiger partial charge in [0, 0.05) is 11.2 Å². The van der Waals surface area contributed by atoms with E-state index in [1.807, 2.05) is 0 Å². The third-order valence-electron chi connectivity index (χ3n) is 2.41. The molecule has 20 heavy (non-hydrogen) atoms. The molecule has 0 aliphatic rings. The zero-order valence-electron chi connectivity index (χ0n) is 9.45. The van der Waals surface area contributed by atoms with Crippen LogP contribution < -0.4 is 0 Å². The number of hydrogen-bond acceptors (Lipinski definition) is 2. The summed E-state index contributed by atoms with van der Waals surface area (Å²) in [6.45, 7) is 0. The Kier molecular flexibility index (Phi) is 3.66. The molecular weight excluding hydrogens is 320 g/mol. The number of rotatable bonds is 2. The summed E-state index contributed by atoms with van der Waals surface area (Å²) < 4.78 is 39.5. The molecule has 0 aliphatic carbocycles. The summed E-state index contributed by atoms with van der Waals surface area (Å²) in [5.41, 5.74) is -1.80. The van der Waals surface area contributed by atoms with E-state index >= 15 is 0 Å². The highest BCUT2D eigenvalue weighted by molar-refractivity contribution is 6.32. The van der Waals surface area contributed by atoms with Crippen molar-refractivity contribution in [1.29, 1.82) is 0 Å². The average Bonchev–Trinajstić information content (AvgIpc) is 2.70. The maximum absolute atomic E-state index is 12.9. The number of aromatic carboxylic acids is 1. The van der Waals surface area contributed by atoms with Gasteiger partial charge in [-0.25, -0.2) is 9.48 Å². The third kappa shape index (κ3) is 2.73. The third-order valence-corrected chi connectivity index (χ3v) is 2.92. The average molecular weight is 325 g/mol. The smallest absolute Gasteiger partial charge is 0.418 e. The van der Waals surface area contributed by atoms with E-state index in [0.29, 0.717) is 0 Å². The van der Waals surface area contributed by atoms with Gasteiger partial charge in [0.25, 0.3) is 0 Å². The number of halogens is 5. The molecule has 0 saturated heterocycles. The standard InChI is InChI=1S/C11H5Cl2F3N2O2/c12-5-1-2-8(7(3-5)11(14,15)16)18-4-6(10(19)20)9(13)17-18/h1-4H,(H,19,20). The summed E-state index contributed by atoms with van der Waals surface area (Å²) >= 11 is 11.1. The van der Waals surface area contributed by atoms with Gasteiger partial charge in [-0.15, -0.1) is 0 Å². The largest absolute Gasteiger partial charge is 0.478 e. The van der Waals surface area contributed by atoms with E-state index in [-0.39, 0.29) is 10.7 Å². The van der Waals surface area contributed by atoms with Crippen LogP contribution in [0.4, 0.5) is 13.2 Å². The Balaban J connectivity index is 2.64. The molecule has 9 heteroatoms. The molecule has 0 spiro atoms. The Labute approximate surface area is 120 Å². The van der Waals surface area contributed by atoms with Crippen LogP contribution in [0.15, 0.2) is 24.4 Å². The zero-order chi connectivity index (χ0) is 15.1. The Morgan fingerprint density at radius 1 is 1.30 bits per heavy atom. The number of hydrogen-bond donors (Lipinski definition) is 1. The van der Waals surface area contributed by atoms with Crippen LogP contribution in [0.2, 0.25) is 10.2 Å². The van der Waals surface area contributed by atoms with Crippen molar-refractivity contribution in [3.63, 3.8) is 0 Å². The van der Waals surface area contributed by atoms with Gasteiger partial charge in [0.2, 0.25) is 0 Å². The summed E-state index contributed by atoms with van der Waals surface area (Å²) in [7, 11) is 0. The Hall–Kier alpha value is -1.73. The first kappa shape index (κ1) is 14.7. The van der Waals surface area contributed by atoms with Crippen LogP contribution in [-0.2, 0) is 6.18 Å². The van der Waals surface area contributed by atoms with Crippen molar-refractivity contribution in [2.75, 3.05) is 0 Å². The molecule has 1 aromatic carbocycles. The minimum absolute atomic E-state index is 0.0993. The topological polar surface area (TPSA) is 55.1 Å². The van der Waals surface area contributed by atoms with Gasteiger partial charge < -0.3 is 5.11 Å². The van der Waals surface area contributed by atoms with Gasteiger partial charge >= 0.3 is 12.1 Å². The maximum Gasteiger partial charge on any atom is 0.418 e. The number of nitrogens with zero attached hydrogens (tertiary/aromatic N) is 2. The quantitative estimate of drug-likeness (QED) is 0.911. The second-order valence-electron chi connectivity index (χ2n) is 3.74. The summed E-state index contributed by atoms with van der Waals surface area (Å²) in [6.07, 6.45) is -3.76. The Morgan fingerprint density at radius 2 is 1.95 bits per heavy atom. The molecule has 0 unspecified atom stereocenters. The molecule has 2 aromatic rings. The van der Waals surface area contributed by atoms with E-state index in [1.165, 1.54) is 6.07 Å². The summed E-state index contributed by atoms with van der Waals surface area (Å²) in [5.74, 6) is -1.39. The molecule has 106 valence electrons. The second kappa shape index (κ2) is 4.99.